The molecule has 1 N–H and O–H groups in total. The van der Waals surface area contributed by atoms with Crippen molar-refractivity contribution in [2.45, 2.75) is 33.0 Å². The van der Waals surface area contributed by atoms with Gasteiger partial charge in [0, 0.05) is 0 Å². The maximum Gasteiger partial charge on any atom is 0.316 e. The second kappa shape index (κ2) is 7.79. The van der Waals surface area contributed by atoms with E-state index in [0.29, 0.717) is 12.0 Å². The Hall–Kier alpha value is -2.60. The van der Waals surface area contributed by atoms with Crippen LogP contribution >= 0.6 is 0 Å². The first-order valence-corrected chi connectivity index (χ1v) is 7.65. The minimum Gasteiger partial charge on any atom is -0.502 e. The summed E-state index contributed by atoms with van der Waals surface area (Å²) in [6.07, 6.45) is 0.433. The first-order valence-electron chi connectivity index (χ1n) is 7.65. The molecule has 0 saturated heterocycles. The molecule has 0 atom stereocenters. The fraction of sp³-hybridized carbons (Fsp3) is 0.333. The van der Waals surface area contributed by atoms with E-state index in [-0.39, 0.29) is 24.1 Å². The Kier molecular flexibility index (Phi) is 5.76. The number of phenols is 1. The SMILES string of the molecule is COc1ccc(Cc2ccc(O)c([N+](=O)[O-])c2COC(C)C)cc1. The van der Waals surface area contributed by atoms with Crippen molar-refractivity contribution < 1.29 is 19.5 Å². The molecule has 0 aliphatic rings. The van der Waals surface area contributed by atoms with Gasteiger partial charge in [0.05, 0.1) is 30.3 Å². The van der Waals surface area contributed by atoms with E-state index < -0.39 is 4.92 Å². The summed E-state index contributed by atoms with van der Waals surface area (Å²) >= 11 is 0. The van der Waals surface area contributed by atoms with Crippen LogP contribution in [0.5, 0.6) is 11.5 Å². The Morgan fingerprint density at radius 3 is 2.38 bits per heavy atom. The van der Waals surface area contributed by atoms with Gasteiger partial charge in [-0.3, -0.25) is 10.1 Å². The number of phenolic OH excluding ortho intramolecular Hbond substituents is 1. The number of aromatic hydroxyl groups is 1. The second-order valence-corrected chi connectivity index (χ2v) is 5.71. The maximum absolute atomic E-state index is 11.3. The average Bonchev–Trinajstić information content (AvgIpc) is 2.55. The fourth-order valence-electron chi connectivity index (χ4n) is 2.41. The summed E-state index contributed by atoms with van der Waals surface area (Å²) in [6.45, 7) is 3.80. The number of benzene rings is 2. The van der Waals surface area contributed by atoms with Crippen molar-refractivity contribution in [1.82, 2.24) is 0 Å². The highest BCUT2D eigenvalue weighted by Gasteiger charge is 2.23. The molecule has 24 heavy (non-hydrogen) atoms. The smallest absolute Gasteiger partial charge is 0.316 e. The molecule has 0 aromatic heterocycles. The molecule has 2 aromatic rings. The lowest BCUT2D eigenvalue weighted by molar-refractivity contribution is -0.387. The molecule has 2 aromatic carbocycles. The minimum absolute atomic E-state index is 0.0687. The summed E-state index contributed by atoms with van der Waals surface area (Å²) in [6, 6.07) is 10.6. The molecule has 0 spiro atoms. The number of nitro groups is 1. The molecule has 0 saturated carbocycles. The third kappa shape index (κ3) is 4.23. The average molecular weight is 331 g/mol. The molecular weight excluding hydrogens is 310 g/mol. The van der Waals surface area contributed by atoms with Crippen molar-refractivity contribution in [3.05, 3.63) is 63.2 Å². The van der Waals surface area contributed by atoms with Gasteiger partial charge in [0.15, 0.2) is 5.75 Å². The third-order valence-corrected chi connectivity index (χ3v) is 3.66. The van der Waals surface area contributed by atoms with Crippen LogP contribution in [0.3, 0.4) is 0 Å². The number of nitro benzene ring substituents is 1. The van der Waals surface area contributed by atoms with Crippen molar-refractivity contribution in [2.75, 3.05) is 7.11 Å². The van der Waals surface area contributed by atoms with E-state index in [1.807, 2.05) is 38.1 Å². The highest BCUT2D eigenvalue weighted by molar-refractivity contribution is 5.56. The predicted molar refractivity (Wildman–Crippen MR) is 90.5 cm³/mol. The molecule has 0 fully saturated rings. The molecular formula is C18H21NO5. The highest BCUT2D eigenvalue weighted by atomic mass is 16.6. The second-order valence-electron chi connectivity index (χ2n) is 5.71. The molecule has 128 valence electrons. The van der Waals surface area contributed by atoms with Crippen LogP contribution in [0, 0.1) is 10.1 Å². The van der Waals surface area contributed by atoms with Gasteiger partial charge in [-0.05, 0) is 49.6 Å². The van der Waals surface area contributed by atoms with E-state index >= 15 is 0 Å². The lowest BCUT2D eigenvalue weighted by atomic mass is 9.98. The maximum atomic E-state index is 11.3. The van der Waals surface area contributed by atoms with Gasteiger partial charge in [-0.15, -0.1) is 0 Å². The summed E-state index contributed by atoms with van der Waals surface area (Å²) in [4.78, 5) is 10.8. The largest absolute Gasteiger partial charge is 0.502 e. The normalized spacial score (nSPS) is 10.8. The van der Waals surface area contributed by atoms with Gasteiger partial charge in [0.2, 0.25) is 0 Å². The van der Waals surface area contributed by atoms with Crippen molar-refractivity contribution in [3.8, 4) is 11.5 Å². The zero-order chi connectivity index (χ0) is 17.7. The van der Waals surface area contributed by atoms with Crippen LogP contribution in [0.15, 0.2) is 36.4 Å². The molecule has 0 amide bonds. The molecule has 0 radical (unpaired) electrons. The van der Waals surface area contributed by atoms with Gasteiger partial charge >= 0.3 is 5.69 Å². The Balaban J connectivity index is 2.39. The Bertz CT molecular complexity index is 710. The molecule has 0 aliphatic heterocycles. The zero-order valence-corrected chi connectivity index (χ0v) is 14.0. The topological polar surface area (TPSA) is 81.8 Å². The Labute approximate surface area is 140 Å². The van der Waals surface area contributed by atoms with E-state index in [1.54, 1.807) is 13.2 Å². The van der Waals surface area contributed by atoms with E-state index in [1.165, 1.54) is 6.07 Å². The number of hydrogen-bond acceptors (Lipinski definition) is 5. The predicted octanol–water partition coefficient (Wildman–Crippen LogP) is 3.82. The van der Waals surface area contributed by atoms with Gasteiger partial charge in [-0.25, -0.2) is 0 Å². The van der Waals surface area contributed by atoms with Crippen LogP contribution < -0.4 is 4.74 Å². The standard InChI is InChI=1S/C18H21NO5/c1-12(2)24-11-16-14(6-9-17(20)18(16)19(21)22)10-13-4-7-15(23-3)8-5-13/h4-9,12,20H,10-11H2,1-3H3. The number of hydrogen-bond donors (Lipinski definition) is 1. The Morgan fingerprint density at radius 2 is 1.83 bits per heavy atom. The molecule has 0 unspecified atom stereocenters. The molecule has 0 aliphatic carbocycles. The summed E-state index contributed by atoms with van der Waals surface area (Å²) < 4.78 is 10.7. The molecule has 0 bridgehead atoms. The summed E-state index contributed by atoms with van der Waals surface area (Å²) in [5.41, 5.74) is 1.86. The fourth-order valence-corrected chi connectivity index (χ4v) is 2.41. The minimum atomic E-state index is -0.564. The van der Waals surface area contributed by atoms with Crippen LogP contribution in [0.2, 0.25) is 0 Å². The third-order valence-electron chi connectivity index (χ3n) is 3.66. The number of rotatable bonds is 7. The number of ether oxygens (including phenoxy) is 2. The van der Waals surface area contributed by atoms with Gasteiger partial charge in [-0.1, -0.05) is 18.2 Å². The lowest BCUT2D eigenvalue weighted by Gasteiger charge is -2.14. The molecule has 2 rings (SSSR count). The Morgan fingerprint density at radius 1 is 1.17 bits per heavy atom. The van der Waals surface area contributed by atoms with E-state index in [0.717, 1.165) is 16.9 Å². The van der Waals surface area contributed by atoms with Crippen molar-refractivity contribution in [2.24, 2.45) is 0 Å². The van der Waals surface area contributed by atoms with E-state index in [9.17, 15) is 15.2 Å². The first kappa shape index (κ1) is 17.7. The summed E-state index contributed by atoms with van der Waals surface area (Å²) in [5.74, 6) is 0.402. The van der Waals surface area contributed by atoms with Crippen LogP contribution in [-0.4, -0.2) is 23.2 Å². The molecule has 6 heteroatoms. The van der Waals surface area contributed by atoms with Gasteiger partial charge in [-0.2, -0.15) is 0 Å². The highest BCUT2D eigenvalue weighted by Crippen LogP contribution is 2.34. The summed E-state index contributed by atoms with van der Waals surface area (Å²) in [7, 11) is 1.60. The van der Waals surface area contributed by atoms with Crippen LogP contribution in [-0.2, 0) is 17.8 Å². The van der Waals surface area contributed by atoms with E-state index in [2.05, 4.69) is 0 Å². The van der Waals surface area contributed by atoms with Crippen LogP contribution in [0.1, 0.15) is 30.5 Å². The van der Waals surface area contributed by atoms with Crippen molar-refractivity contribution in [3.63, 3.8) is 0 Å². The molecule has 6 nitrogen and oxygen atoms in total. The number of nitrogens with zero attached hydrogens (tertiary/aromatic N) is 1. The van der Waals surface area contributed by atoms with Crippen molar-refractivity contribution in [1.29, 1.82) is 0 Å². The zero-order valence-electron chi connectivity index (χ0n) is 14.0. The van der Waals surface area contributed by atoms with Gasteiger partial charge < -0.3 is 14.6 Å². The van der Waals surface area contributed by atoms with Gasteiger partial charge in [0.25, 0.3) is 0 Å². The van der Waals surface area contributed by atoms with Crippen LogP contribution in [0.4, 0.5) is 5.69 Å². The summed E-state index contributed by atoms with van der Waals surface area (Å²) in [5, 5.41) is 21.2. The van der Waals surface area contributed by atoms with Gasteiger partial charge in [0.1, 0.15) is 5.75 Å². The monoisotopic (exact) mass is 331 g/mol. The van der Waals surface area contributed by atoms with Crippen LogP contribution in [0.25, 0.3) is 0 Å². The van der Waals surface area contributed by atoms with Crippen molar-refractivity contribution >= 4 is 5.69 Å². The molecule has 0 heterocycles. The lowest BCUT2D eigenvalue weighted by Crippen LogP contribution is -2.08. The first-order chi connectivity index (χ1) is 11.4. The van der Waals surface area contributed by atoms with E-state index in [4.69, 9.17) is 9.47 Å². The number of methoxy groups -OCH3 is 1. The quantitative estimate of drug-likeness (QED) is 0.616.